The summed E-state index contributed by atoms with van der Waals surface area (Å²) in [5.74, 6) is 0.754. The van der Waals surface area contributed by atoms with Crippen molar-refractivity contribution in [3.63, 3.8) is 0 Å². The highest BCUT2D eigenvalue weighted by molar-refractivity contribution is 6.09. The quantitative estimate of drug-likeness (QED) is 0.390. The van der Waals surface area contributed by atoms with E-state index < -0.39 is 5.41 Å². The number of nitrogens with zero attached hydrogens (tertiary/aromatic N) is 5. The molecule has 35 heavy (non-hydrogen) atoms. The Hall–Kier alpha value is -4.08. The predicted molar refractivity (Wildman–Crippen MR) is 130 cm³/mol. The first kappa shape index (κ1) is 21.5. The Bertz CT molecular complexity index is 1480. The fourth-order valence-corrected chi connectivity index (χ4v) is 4.84. The molecule has 4 aromatic rings. The number of rotatable bonds is 6. The van der Waals surface area contributed by atoms with Crippen molar-refractivity contribution < 1.29 is 9.18 Å². The monoisotopic (exact) mass is 472 g/mol. The summed E-state index contributed by atoms with van der Waals surface area (Å²) in [7, 11) is 0. The van der Waals surface area contributed by atoms with Crippen molar-refractivity contribution >= 4 is 29.0 Å². The first-order chi connectivity index (χ1) is 16.8. The van der Waals surface area contributed by atoms with Crippen LogP contribution in [-0.4, -0.2) is 36.8 Å². The first-order valence-electron chi connectivity index (χ1n) is 11.7. The molecule has 4 heterocycles. The number of carbonyl (C=O) groups excluding carboxylic acids is 1. The van der Waals surface area contributed by atoms with Crippen molar-refractivity contribution in [2.24, 2.45) is 5.41 Å². The Morgan fingerprint density at radius 3 is 2.69 bits per heavy atom. The zero-order valence-electron chi connectivity index (χ0n) is 19.5. The molecule has 0 bridgehead atoms. The number of nitrogens with two attached hydrogens (primary N) is 1. The molecule has 4 N–H and O–H groups in total. The normalized spacial score (nSPS) is 20.0. The lowest BCUT2D eigenvalue weighted by molar-refractivity contribution is -0.119. The van der Waals surface area contributed by atoms with Gasteiger partial charge in [0, 0.05) is 25.1 Å². The number of hydrogen-bond donors (Lipinski definition) is 3. The minimum Gasteiger partial charge on any atom is -0.383 e. The zero-order chi connectivity index (χ0) is 24.4. The van der Waals surface area contributed by atoms with E-state index in [4.69, 9.17) is 10.7 Å². The van der Waals surface area contributed by atoms with Gasteiger partial charge in [0.05, 0.1) is 5.56 Å². The molecule has 1 aromatic carbocycles. The number of aromatic nitrogens is 5. The van der Waals surface area contributed by atoms with E-state index in [9.17, 15) is 9.18 Å². The Balaban J connectivity index is 1.42. The second kappa shape index (κ2) is 7.46. The molecule has 1 amide bonds. The summed E-state index contributed by atoms with van der Waals surface area (Å²) < 4.78 is 15.4. The van der Waals surface area contributed by atoms with Gasteiger partial charge in [0.25, 0.3) is 0 Å². The molecule has 0 radical (unpaired) electrons. The maximum Gasteiger partial charge on any atom is 0.240 e. The van der Waals surface area contributed by atoms with Crippen LogP contribution in [0.2, 0.25) is 0 Å². The molecule has 0 spiro atoms. The van der Waals surface area contributed by atoms with Gasteiger partial charge in [-0.25, -0.2) is 24.3 Å². The smallest absolute Gasteiger partial charge is 0.240 e. The van der Waals surface area contributed by atoms with Crippen LogP contribution in [0.1, 0.15) is 44.2 Å². The van der Waals surface area contributed by atoms with Crippen LogP contribution in [0.25, 0.3) is 17.2 Å². The van der Waals surface area contributed by atoms with Gasteiger partial charge in [-0.1, -0.05) is 19.1 Å². The van der Waals surface area contributed by atoms with Crippen molar-refractivity contribution in [2.45, 2.75) is 38.5 Å². The molecule has 10 heteroatoms. The minimum absolute atomic E-state index is 0.167. The molecular weight excluding hydrogens is 447 g/mol. The van der Waals surface area contributed by atoms with Gasteiger partial charge in [0.15, 0.2) is 17.3 Å². The maximum atomic E-state index is 13.5. The summed E-state index contributed by atoms with van der Waals surface area (Å²) in [6.45, 7) is 4.76. The van der Waals surface area contributed by atoms with E-state index in [0.29, 0.717) is 45.3 Å². The van der Waals surface area contributed by atoms with E-state index in [1.165, 1.54) is 25.0 Å². The highest BCUT2D eigenvalue weighted by Gasteiger charge is 2.47. The highest BCUT2D eigenvalue weighted by atomic mass is 19.1. The number of carbonyl (C=O) groups is 1. The second-order valence-corrected chi connectivity index (χ2v) is 9.58. The van der Waals surface area contributed by atoms with Gasteiger partial charge in [-0.2, -0.15) is 0 Å². The fourth-order valence-electron chi connectivity index (χ4n) is 4.84. The SMILES string of the molecule is CCC1(CNc2nc(-c3nc(N)c4c(n3)NC(=O)C4(C)c3ccc(F)cc3)cn3ccnc23)CC1. The lowest BCUT2D eigenvalue weighted by Gasteiger charge is -2.23. The predicted octanol–water partition coefficient (Wildman–Crippen LogP) is 3.77. The van der Waals surface area contributed by atoms with Gasteiger partial charge < -0.3 is 20.8 Å². The average molecular weight is 473 g/mol. The summed E-state index contributed by atoms with van der Waals surface area (Å²) in [6, 6.07) is 5.79. The third-order valence-corrected chi connectivity index (χ3v) is 7.49. The van der Waals surface area contributed by atoms with Crippen molar-refractivity contribution in [3.05, 3.63) is 59.8 Å². The topological polar surface area (TPSA) is 123 Å². The summed E-state index contributed by atoms with van der Waals surface area (Å²) in [5.41, 5.74) is 7.88. The van der Waals surface area contributed by atoms with Crippen molar-refractivity contribution in [3.8, 4) is 11.5 Å². The zero-order valence-corrected chi connectivity index (χ0v) is 19.5. The van der Waals surface area contributed by atoms with E-state index in [1.807, 2.05) is 10.6 Å². The largest absolute Gasteiger partial charge is 0.383 e. The first-order valence-corrected chi connectivity index (χ1v) is 11.7. The van der Waals surface area contributed by atoms with E-state index in [2.05, 4.69) is 32.5 Å². The lowest BCUT2D eigenvalue weighted by Crippen LogP contribution is -2.33. The molecule has 1 unspecified atom stereocenters. The molecule has 1 atom stereocenters. The van der Waals surface area contributed by atoms with Crippen LogP contribution >= 0.6 is 0 Å². The Labute approximate surface area is 201 Å². The van der Waals surface area contributed by atoms with Gasteiger partial charge >= 0.3 is 0 Å². The molecule has 3 aromatic heterocycles. The van der Waals surface area contributed by atoms with Gasteiger partial charge in [-0.15, -0.1) is 0 Å². The van der Waals surface area contributed by atoms with Crippen molar-refractivity contribution in [2.75, 3.05) is 22.9 Å². The van der Waals surface area contributed by atoms with Crippen LogP contribution < -0.4 is 16.4 Å². The van der Waals surface area contributed by atoms with Crippen LogP contribution in [-0.2, 0) is 10.2 Å². The molecule has 1 fully saturated rings. The van der Waals surface area contributed by atoms with E-state index >= 15 is 0 Å². The molecular formula is C25H25FN8O. The minimum atomic E-state index is -1.14. The fraction of sp³-hybridized carbons (Fsp3) is 0.320. The van der Waals surface area contributed by atoms with Crippen LogP contribution in [0.4, 0.5) is 21.8 Å². The number of amides is 1. The summed E-state index contributed by atoms with van der Waals surface area (Å²) >= 11 is 0. The van der Waals surface area contributed by atoms with Crippen molar-refractivity contribution in [1.29, 1.82) is 0 Å². The Kier molecular flexibility index (Phi) is 4.57. The third kappa shape index (κ3) is 3.31. The van der Waals surface area contributed by atoms with Crippen LogP contribution in [0, 0.1) is 11.2 Å². The van der Waals surface area contributed by atoms with Crippen LogP contribution in [0.5, 0.6) is 0 Å². The van der Waals surface area contributed by atoms with Crippen LogP contribution in [0.3, 0.4) is 0 Å². The van der Waals surface area contributed by atoms with Crippen molar-refractivity contribution in [1.82, 2.24) is 24.3 Å². The summed E-state index contributed by atoms with van der Waals surface area (Å²) in [4.78, 5) is 31.4. The van der Waals surface area contributed by atoms with E-state index in [0.717, 1.165) is 13.0 Å². The molecule has 2 aliphatic rings. The molecule has 0 saturated heterocycles. The number of halogens is 1. The lowest BCUT2D eigenvalue weighted by atomic mass is 9.78. The molecule has 178 valence electrons. The number of benzene rings is 1. The molecule has 9 nitrogen and oxygen atoms in total. The number of imidazole rings is 1. The number of nitrogen functional groups attached to an aromatic ring is 1. The van der Waals surface area contributed by atoms with Gasteiger partial charge in [0.2, 0.25) is 5.91 Å². The van der Waals surface area contributed by atoms with Crippen LogP contribution in [0.15, 0.2) is 42.9 Å². The maximum absolute atomic E-state index is 13.5. The summed E-state index contributed by atoms with van der Waals surface area (Å²) in [6.07, 6.45) is 8.86. The number of anilines is 3. The molecule has 6 rings (SSSR count). The number of fused-ring (bicyclic) bond motifs is 2. The third-order valence-electron chi connectivity index (χ3n) is 7.49. The molecule has 1 aliphatic carbocycles. The highest BCUT2D eigenvalue weighted by Crippen LogP contribution is 2.48. The van der Waals surface area contributed by atoms with Gasteiger partial charge in [-0.05, 0) is 49.3 Å². The Morgan fingerprint density at radius 2 is 1.97 bits per heavy atom. The van der Waals surface area contributed by atoms with E-state index in [1.54, 1.807) is 31.5 Å². The van der Waals surface area contributed by atoms with Gasteiger partial charge in [0.1, 0.15) is 28.6 Å². The van der Waals surface area contributed by atoms with Gasteiger partial charge in [-0.3, -0.25) is 4.79 Å². The Morgan fingerprint density at radius 1 is 1.20 bits per heavy atom. The number of nitrogens with one attached hydrogen (secondary N) is 2. The average Bonchev–Trinajstić information content (AvgIpc) is 3.38. The van der Waals surface area contributed by atoms with E-state index in [-0.39, 0.29) is 17.5 Å². The second-order valence-electron chi connectivity index (χ2n) is 9.58. The molecule has 1 saturated carbocycles. The summed E-state index contributed by atoms with van der Waals surface area (Å²) in [5, 5.41) is 6.30. The molecule has 1 aliphatic heterocycles. The standard InChI is InChI=1S/C25H25FN8O/c1-3-25(8-9-25)13-29-21-22-28-10-11-34(22)12-16(30-21)19-31-18(27)17-20(32-19)33-23(35)24(17,2)14-4-6-15(26)7-5-14/h4-7,10-12H,3,8-9,13H2,1-2H3,(H,29,30)(H3,27,31,32,33,35). The number of hydrogen-bond acceptors (Lipinski definition) is 7.